The highest BCUT2D eigenvalue weighted by Crippen LogP contribution is 2.31. The second-order valence-corrected chi connectivity index (χ2v) is 8.83. The Labute approximate surface area is 197 Å². The zero-order valence-corrected chi connectivity index (χ0v) is 19.9. The van der Waals surface area contributed by atoms with E-state index < -0.39 is 0 Å². The lowest BCUT2D eigenvalue weighted by Crippen LogP contribution is -2.14. The summed E-state index contributed by atoms with van der Waals surface area (Å²) in [4.78, 5) is 30.2. The predicted octanol–water partition coefficient (Wildman–Crippen LogP) is 3.96. The number of thiazole rings is 1. The summed E-state index contributed by atoms with van der Waals surface area (Å²) in [6, 6.07) is 4.62. The Morgan fingerprint density at radius 3 is 2.79 bits per heavy atom. The number of nitrogens with one attached hydrogen (secondary N) is 1. The van der Waals surface area contributed by atoms with Gasteiger partial charge in [0.25, 0.3) is 0 Å². The van der Waals surface area contributed by atoms with Gasteiger partial charge in [-0.05, 0) is 56.2 Å². The van der Waals surface area contributed by atoms with E-state index >= 15 is 0 Å². The number of anilines is 1. The molecule has 4 heterocycles. The summed E-state index contributed by atoms with van der Waals surface area (Å²) in [5.74, 6) is 0.530. The van der Waals surface area contributed by atoms with Crippen molar-refractivity contribution >= 4 is 23.1 Å². The maximum absolute atomic E-state index is 12.2. The van der Waals surface area contributed by atoms with Crippen molar-refractivity contribution in [1.82, 2.24) is 19.9 Å². The third-order valence-electron chi connectivity index (χ3n) is 5.59. The standard InChI is InChI=1S/C24H29N5O3S/c1-3-32-21(30)12-20(17-13-26-24(31-2)27-14-17)23-29-19(15-33-23)8-4-7-18-10-9-16-6-5-11-25-22(16)28-18/h9-10,13-15,20H,3-8,11-12H2,1-2H3,(H,25,28). The average molecular weight is 468 g/mol. The minimum Gasteiger partial charge on any atom is -0.467 e. The van der Waals surface area contributed by atoms with Crippen LogP contribution in [0.5, 0.6) is 6.01 Å². The van der Waals surface area contributed by atoms with Crippen LogP contribution in [0.25, 0.3) is 0 Å². The SMILES string of the molecule is CCOC(=O)CC(c1cnc(OC)nc1)c1nc(CCCc2ccc3c(n2)NCCC3)cs1. The van der Waals surface area contributed by atoms with E-state index in [4.69, 9.17) is 19.4 Å². The molecule has 1 aliphatic heterocycles. The van der Waals surface area contributed by atoms with Crippen LogP contribution >= 0.6 is 11.3 Å². The van der Waals surface area contributed by atoms with E-state index in [0.29, 0.717) is 12.6 Å². The number of carbonyl (C=O) groups is 1. The van der Waals surface area contributed by atoms with E-state index in [2.05, 4.69) is 32.8 Å². The molecule has 0 spiro atoms. The molecule has 0 aliphatic carbocycles. The van der Waals surface area contributed by atoms with E-state index in [1.807, 2.05) is 0 Å². The van der Waals surface area contributed by atoms with Crippen molar-refractivity contribution in [3.8, 4) is 6.01 Å². The Kier molecular flexibility index (Phi) is 7.83. The molecule has 0 amide bonds. The van der Waals surface area contributed by atoms with Gasteiger partial charge in [-0.2, -0.15) is 0 Å². The van der Waals surface area contributed by atoms with Crippen molar-refractivity contribution in [3.05, 3.63) is 57.4 Å². The first-order valence-electron chi connectivity index (χ1n) is 11.3. The molecule has 3 aromatic rings. The Balaban J connectivity index is 1.41. The van der Waals surface area contributed by atoms with Crippen LogP contribution in [0, 0.1) is 0 Å². The number of hydrogen-bond donors (Lipinski definition) is 1. The molecule has 0 bridgehead atoms. The van der Waals surface area contributed by atoms with Crippen molar-refractivity contribution in [1.29, 1.82) is 0 Å². The fourth-order valence-electron chi connectivity index (χ4n) is 3.90. The van der Waals surface area contributed by atoms with E-state index in [1.54, 1.807) is 30.7 Å². The van der Waals surface area contributed by atoms with Crippen LogP contribution in [0.3, 0.4) is 0 Å². The molecule has 0 radical (unpaired) electrons. The molecule has 4 rings (SSSR count). The molecule has 0 saturated heterocycles. The van der Waals surface area contributed by atoms with Crippen LogP contribution in [0.4, 0.5) is 5.82 Å². The monoisotopic (exact) mass is 467 g/mol. The number of aromatic nitrogens is 4. The molecule has 33 heavy (non-hydrogen) atoms. The van der Waals surface area contributed by atoms with Crippen LogP contribution in [-0.2, 0) is 28.8 Å². The van der Waals surface area contributed by atoms with Gasteiger partial charge in [0.15, 0.2) is 0 Å². The molecule has 0 aromatic carbocycles. The summed E-state index contributed by atoms with van der Waals surface area (Å²) in [6.07, 6.45) is 8.56. The highest BCUT2D eigenvalue weighted by atomic mass is 32.1. The van der Waals surface area contributed by atoms with Crippen molar-refractivity contribution in [2.24, 2.45) is 0 Å². The van der Waals surface area contributed by atoms with Crippen LogP contribution < -0.4 is 10.1 Å². The number of hydrogen-bond acceptors (Lipinski definition) is 9. The zero-order valence-electron chi connectivity index (χ0n) is 19.0. The maximum atomic E-state index is 12.2. The first-order valence-corrected chi connectivity index (χ1v) is 12.2. The van der Waals surface area contributed by atoms with E-state index in [1.165, 1.54) is 19.1 Å². The lowest BCUT2D eigenvalue weighted by atomic mass is 9.99. The second kappa shape index (κ2) is 11.2. The number of aryl methyl sites for hydroxylation is 3. The minimum absolute atomic E-state index is 0.197. The van der Waals surface area contributed by atoms with Gasteiger partial charge in [0.1, 0.15) is 10.8 Å². The fourth-order valence-corrected chi connectivity index (χ4v) is 4.88. The Bertz CT molecular complexity index is 1070. The molecule has 1 unspecified atom stereocenters. The molecule has 1 aliphatic rings. The molecule has 1 N–H and O–H groups in total. The van der Waals surface area contributed by atoms with Crippen LogP contribution in [0.1, 0.15) is 59.6 Å². The molecule has 0 fully saturated rings. The number of rotatable bonds is 10. The number of esters is 1. The molecular weight excluding hydrogens is 438 g/mol. The smallest absolute Gasteiger partial charge is 0.316 e. The van der Waals surface area contributed by atoms with E-state index in [0.717, 1.165) is 60.0 Å². The number of ether oxygens (including phenoxy) is 2. The largest absolute Gasteiger partial charge is 0.467 e. The van der Waals surface area contributed by atoms with Gasteiger partial charge in [0, 0.05) is 35.9 Å². The normalized spacial score (nSPS) is 13.6. The fraction of sp³-hybridized carbons (Fsp3) is 0.458. The average Bonchev–Trinajstić information content (AvgIpc) is 3.31. The van der Waals surface area contributed by atoms with Gasteiger partial charge in [-0.25, -0.2) is 19.9 Å². The first-order chi connectivity index (χ1) is 16.2. The number of fused-ring (bicyclic) bond motifs is 1. The predicted molar refractivity (Wildman–Crippen MR) is 127 cm³/mol. The zero-order chi connectivity index (χ0) is 23.0. The number of carbonyl (C=O) groups excluding carboxylic acids is 1. The summed E-state index contributed by atoms with van der Waals surface area (Å²) in [5.41, 5.74) is 4.25. The van der Waals surface area contributed by atoms with Crippen molar-refractivity contribution in [2.75, 3.05) is 25.6 Å². The van der Waals surface area contributed by atoms with Crippen LogP contribution in [0.15, 0.2) is 29.9 Å². The minimum atomic E-state index is -0.262. The summed E-state index contributed by atoms with van der Waals surface area (Å²) in [6.45, 7) is 3.15. The van der Waals surface area contributed by atoms with Crippen molar-refractivity contribution < 1.29 is 14.3 Å². The Morgan fingerprint density at radius 2 is 2.00 bits per heavy atom. The topological polar surface area (TPSA) is 99.1 Å². The number of methoxy groups -OCH3 is 1. The lowest BCUT2D eigenvalue weighted by molar-refractivity contribution is -0.143. The Hall–Kier alpha value is -3.07. The lowest BCUT2D eigenvalue weighted by Gasteiger charge is -2.17. The number of nitrogens with zero attached hydrogens (tertiary/aromatic N) is 4. The van der Waals surface area contributed by atoms with Gasteiger partial charge in [-0.15, -0.1) is 11.3 Å². The van der Waals surface area contributed by atoms with E-state index in [-0.39, 0.29) is 18.3 Å². The quantitative estimate of drug-likeness (QED) is 0.448. The van der Waals surface area contributed by atoms with Crippen molar-refractivity contribution in [3.63, 3.8) is 0 Å². The summed E-state index contributed by atoms with van der Waals surface area (Å²) < 4.78 is 10.2. The summed E-state index contributed by atoms with van der Waals surface area (Å²) in [7, 11) is 1.52. The van der Waals surface area contributed by atoms with Crippen LogP contribution in [-0.4, -0.2) is 46.2 Å². The summed E-state index contributed by atoms with van der Waals surface area (Å²) >= 11 is 1.56. The van der Waals surface area contributed by atoms with Gasteiger partial charge in [-0.1, -0.05) is 6.07 Å². The number of pyridine rings is 1. The molecule has 3 aromatic heterocycles. The summed E-state index contributed by atoms with van der Waals surface area (Å²) in [5, 5.41) is 6.33. The van der Waals surface area contributed by atoms with Gasteiger partial charge in [-0.3, -0.25) is 4.79 Å². The molecule has 9 heteroatoms. The van der Waals surface area contributed by atoms with Gasteiger partial charge < -0.3 is 14.8 Å². The molecule has 8 nitrogen and oxygen atoms in total. The first kappa shape index (κ1) is 23.1. The maximum Gasteiger partial charge on any atom is 0.316 e. The van der Waals surface area contributed by atoms with Gasteiger partial charge in [0.05, 0.1) is 25.8 Å². The third-order valence-corrected chi connectivity index (χ3v) is 6.60. The highest BCUT2D eigenvalue weighted by Gasteiger charge is 2.23. The van der Waals surface area contributed by atoms with Gasteiger partial charge >= 0.3 is 12.0 Å². The molecule has 0 saturated carbocycles. The third kappa shape index (κ3) is 6.04. The highest BCUT2D eigenvalue weighted by molar-refractivity contribution is 7.09. The van der Waals surface area contributed by atoms with E-state index in [9.17, 15) is 4.79 Å². The van der Waals surface area contributed by atoms with Gasteiger partial charge in [0.2, 0.25) is 0 Å². The molecule has 174 valence electrons. The van der Waals surface area contributed by atoms with Crippen LogP contribution in [0.2, 0.25) is 0 Å². The Morgan fingerprint density at radius 1 is 1.18 bits per heavy atom. The second-order valence-electron chi connectivity index (χ2n) is 7.94. The molecular formula is C24H29N5O3S. The van der Waals surface area contributed by atoms with Crippen molar-refractivity contribution in [2.45, 2.75) is 51.4 Å². The molecule has 1 atom stereocenters.